The van der Waals surface area contributed by atoms with E-state index in [1.807, 2.05) is 30.3 Å². The number of nitrogens with zero attached hydrogens (tertiary/aromatic N) is 4. The van der Waals surface area contributed by atoms with Crippen LogP contribution in [0.1, 0.15) is 15.9 Å². The molecule has 8 heteroatoms. The molecule has 0 bridgehead atoms. The molecule has 144 valence electrons. The van der Waals surface area contributed by atoms with Gasteiger partial charge in [-0.15, -0.1) is 0 Å². The second-order valence-corrected chi connectivity index (χ2v) is 6.48. The summed E-state index contributed by atoms with van der Waals surface area (Å²) in [5.74, 6) is 0.448. The monoisotopic (exact) mass is 405 g/mol. The summed E-state index contributed by atoms with van der Waals surface area (Å²) in [4.78, 5) is 20.9. The summed E-state index contributed by atoms with van der Waals surface area (Å²) in [7, 11) is 0. The van der Waals surface area contributed by atoms with Crippen molar-refractivity contribution < 1.29 is 9.53 Å². The third-order valence-electron chi connectivity index (χ3n) is 4.09. The molecular weight excluding hydrogens is 390 g/mol. The van der Waals surface area contributed by atoms with Crippen LogP contribution < -0.4 is 10.1 Å². The quantitative estimate of drug-likeness (QED) is 0.521. The summed E-state index contributed by atoms with van der Waals surface area (Å²) in [6.45, 7) is 0.335. The van der Waals surface area contributed by atoms with Crippen molar-refractivity contribution >= 4 is 23.3 Å². The maximum Gasteiger partial charge on any atom is 0.260 e. The number of aromatic nitrogens is 4. The van der Waals surface area contributed by atoms with E-state index in [0.29, 0.717) is 34.4 Å². The first-order valence-electron chi connectivity index (χ1n) is 8.78. The Morgan fingerprint density at radius 1 is 1.07 bits per heavy atom. The molecule has 4 rings (SSSR count). The molecule has 1 amide bonds. The minimum absolute atomic E-state index is 0.331. The highest BCUT2D eigenvalue weighted by molar-refractivity contribution is 6.32. The van der Waals surface area contributed by atoms with Crippen LogP contribution in [0.2, 0.25) is 5.02 Å². The molecule has 0 radical (unpaired) electrons. The first-order valence-corrected chi connectivity index (χ1v) is 9.16. The van der Waals surface area contributed by atoms with Crippen LogP contribution in [0.15, 0.2) is 79.5 Å². The molecule has 0 aliphatic heterocycles. The molecule has 0 saturated carbocycles. The zero-order valence-electron chi connectivity index (χ0n) is 15.2. The van der Waals surface area contributed by atoms with Crippen molar-refractivity contribution in [3.8, 4) is 11.4 Å². The normalized spacial score (nSPS) is 10.5. The summed E-state index contributed by atoms with van der Waals surface area (Å²) in [5.41, 5.74) is 2.02. The number of pyridine rings is 2. The van der Waals surface area contributed by atoms with Crippen LogP contribution in [0.4, 0.5) is 5.82 Å². The van der Waals surface area contributed by atoms with E-state index < -0.39 is 0 Å². The Kier molecular flexibility index (Phi) is 5.49. The largest absolute Gasteiger partial charge is 0.485 e. The number of anilines is 1. The van der Waals surface area contributed by atoms with Crippen LogP contribution in [-0.2, 0) is 6.61 Å². The fraction of sp³-hybridized carbons (Fsp3) is 0.0476. The van der Waals surface area contributed by atoms with Crippen LogP contribution in [0.25, 0.3) is 5.69 Å². The molecule has 7 nitrogen and oxygen atoms in total. The average Bonchev–Trinajstić information content (AvgIpc) is 3.24. The van der Waals surface area contributed by atoms with Crippen molar-refractivity contribution in [3.63, 3.8) is 0 Å². The Bertz CT molecular complexity index is 1130. The fourth-order valence-corrected chi connectivity index (χ4v) is 2.85. The van der Waals surface area contributed by atoms with E-state index in [9.17, 15) is 4.79 Å². The van der Waals surface area contributed by atoms with Gasteiger partial charge < -0.3 is 10.1 Å². The van der Waals surface area contributed by atoms with Gasteiger partial charge in [0.1, 0.15) is 6.61 Å². The van der Waals surface area contributed by atoms with Crippen LogP contribution >= 0.6 is 11.6 Å². The maximum absolute atomic E-state index is 12.7. The Balaban J connectivity index is 1.48. The van der Waals surface area contributed by atoms with Gasteiger partial charge in [0.2, 0.25) is 0 Å². The number of amides is 1. The second kappa shape index (κ2) is 8.53. The zero-order chi connectivity index (χ0) is 20.1. The van der Waals surface area contributed by atoms with Crippen molar-refractivity contribution in [2.45, 2.75) is 6.61 Å². The fourth-order valence-electron chi connectivity index (χ4n) is 2.63. The molecule has 1 N–H and O–H groups in total. The van der Waals surface area contributed by atoms with Gasteiger partial charge in [-0.25, -0.2) is 9.67 Å². The van der Waals surface area contributed by atoms with Gasteiger partial charge in [0.25, 0.3) is 5.91 Å². The van der Waals surface area contributed by atoms with Gasteiger partial charge in [0.05, 0.1) is 22.5 Å². The minimum atomic E-state index is -0.351. The van der Waals surface area contributed by atoms with E-state index in [-0.39, 0.29) is 5.91 Å². The van der Waals surface area contributed by atoms with Crippen molar-refractivity contribution in [3.05, 3.63) is 95.7 Å². The highest BCUT2D eigenvalue weighted by Crippen LogP contribution is 2.23. The van der Waals surface area contributed by atoms with E-state index in [2.05, 4.69) is 20.4 Å². The van der Waals surface area contributed by atoms with Gasteiger partial charge in [-0.05, 0) is 42.0 Å². The predicted octanol–water partition coefficient (Wildman–Crippen LogP) is 4.15. The van der Waals surface area contributed by atoms with Crippen LogP contribution in [0.5, 0.6) is 5.75 Å². The number of carbonyl (C=O) groups excluding carboxylic acids is 1. The molecule has 0 aliphatic rings. The topological polar surface area (TPSA) is 81.9 Å². The average molecular weight is 406 g/mol. The van der Waals surface area contributed by atoms with Gasteiger partial charge in [-0.1, -0.05) is 23.7 Å². The first-order chi connectivity index (χ1) is 14.2. The lowest BCUT2D eigenvalue weighted by molar-refractivity contribution is 0.102. The number of hydrogen-bond acceptors (Lipinski definition) is 5. The van der Waals surface area contributed by atoms with Gasteiger partial charge in [-0.2, -0.15) is 5.10 Å². The highest BCUT2D eigenvalue weighted by Gasteiger charge is 2.14. The molecule has 3 aromatic heterocycles. The maximum atomic E-state index is 12.7. The van der Waals surface area contributed by atoms with Crippen LogP contribution in [0.3, 0.4) is 0 Å². The number of hydrogen-bond donors (Lipinski definition) is 1. The molecule has 4 aromatic rings. The van der Waals surface area contributed by atoms with Gasteiger partial charge >= 0.3 is 0 Å². The number of ether oxygens (including phenoxy) is 1. The number of nitrogens with one attached hydrogen (secondary N) is 1. The lowest BCUT2D eigenvalue weighted by Crippen LogP contribution is -2.13. The molecule has 1 aromatic carbocycles. The number of halogens is 1. The van der Waals surface area contributed by atoms with Crippen molar-refractivity contribution in [1.29, 1.82) is 0 Å². The van der Waals surface area contributed by atoms with Crippen LogP contribution in [-0.4, -0.2) is 25.7 Å². The van der Waals surface area contributed by atoms with Gasteiger partial charge in [-0.3, -0.25) is 9.78 Å². The third-order valence-corrected chi connectivity index (χ3v) is 4.41. The Labute approximate surface area is 172 Å². The summed E-state index contributed by atoms with van der Waals surface area (Å²) < 4.78 is 7.36. The molecule has 0 aliphatic carbocycles. The van der Waals surface area contributed by atoms with E-state index in [1.54, 1.807) is 47.7 Å². The SMILES string of the molecule is O=C(Nc1ncccc1OCc1ccncc1)c1cnn(-c2ccccc2Cl)c1. The van der Waals surface area contributed by atoms with E-state index in [1.165, 1.54) is 6.20 Å². The number of carbonyl (C=O) groups is 1. The van der Waals surface area contributed by atoms with E-state index >= 15 is 0 Å². The molecule has 0 atom stereocenters. The molecular formula is C21H16ClN5O2. The van der Waals surface area contributed by atoms with E-state index in [0.717, 1.165) is 5.56 Å². The number of para-hydroxylation sites is 1. The zero-order valence-corrected chi connectivity index (χ0v) is 16.0. The summed E-state index contributed by atoms with van der Waals surface area (Å²) >= 11 is 6.19. The van der Waals surface area contributed by atoms with Crippen molar-refractivity contribution in [1.82, 2.24) is 19.7 Å². The Morgan fingerprint density at radius 2 is 1.90 bits per heavy atom. The Morgan fingerprint density at radius 3 is 2.72 bits per heavy atom. The lowest BCUT2D eigenvalue weighted by atomic mass is 10.3. The predicted molar refractivity (Wildman–Crippen MR) is 109 cm³/mol. The lowest BCUT2D eigenvalue weighted by Gasteiger charge is -2.11. The van der Waals surface area contributed by atoms with Crippen molar-refractivity contribution in [2.24, 2.45) is 0 Å². The Hall–Kier alpha value is -3.71. The molecule has 0 saturated heterocycles. The number of benzene rings is 1. The van der Waals surface area contributed by atoms with Crippen LogP contribution in [0, 0.1) is 0 Å². The molecule has 0 spiro atoms. The molecule has 3 heterocycles. The minimum Gasteiger partial charge on any atom is -0.485 e. The smallest absolute Gasteiger partial charge is 0.260 e. The van der Waals surface area contributed by atoms with Gasteiger partial charge in [0.15, 0.2) is 11.6 Å². The highest BCUT2D eigenvalue weighted by atomic mass is 35.5. The number of rotatable bonds is 6. The molecule has 29 heavy (non-hydrogen) atoms. The van der Waals surface area contributed by atoms with E-state index in [4.69, 9.17) is 16.3 Å². The van der Waals surface area contributed by atoms with Gasteiger partial charge in [0, 0.05) is 24.8 Å². The third kappa shape index (κ3) is 4.41. The summed E-state index contributed by atoms with van der Waals surface area (Å²) in [6, 6.07) is 14.5. The molecule has 0 unspecified atom stereocenters. The molecule has 0 fully saturated rings. The summed E-state index contributed by atoms with van der Waals surface area (Å²) in [6.07, 6.45) is 8.06. The standard InChI is InChI=1S/C21H16ClN5O2/c22-17-4-1-2-5-18(17)27-13-16(12-25-27)21(28)26-20-19(6-3-9-24-20)29-14-15-7-10-23-11-8-15/h1-13H,14H2,(H,24,26,28). The van der Waals surface area contributed by atoms with Crippen molar-refractivity contribution in [2.75, 3.05) is 5.32 Å². The first kappa shape index (κ1) is 18.6. The second-order valence-electron chi connectivity index (χ2n) is 6.07. The summed E-state index contributed by atoms with van der Waals surface area (Å²) in [5, 5.41) is 7.53.